The molecule has 2 aliphatic rings. The Bertz CT molecular complexity index is 2120. The molecule has 344 valence electrons. The molecule has 17 nitrogen and oxygen atoms in total. The number of halogens is 1. The molecule has 2 aliphatic heterocycles. The normalized spacial score (nSPS) is 15.7. The number of carbonyl (C=O) groups is 5. The smallest absolute Gasteiger partial charge is 0.437 e. The molecule has 0 spiro atoms. The average Bonchev–Trinajstić information content (AvgIpc) is 3.12. The Kier molecular flexibility index (Phi) is 15.7. The summed E-state index contributed by atoms with van der Waals surface area (Å²) in [6.07, 6.45) is 0.190. The standard InChI is InChI=1S/C45H63FN8O9/c1-29-26-32(15-17-35(29)51-22-24-53(25-23-51)54(41(59)63-45(11,12)13)28-47-38(56)60-42(2,3)4)48-36(55)33-16-14-31(27-34(33)46)30-18-20-52(21-19-30)37(49-39(57)61-43(5,6)7)50-40(58)62-44(8,9)10/h14-18,26-28H,19-25H2,1-13H3,(H,48,55)(H,49,50,57,58)/b47-28+. The van der Waals surface area contributed by atoms with Crippen LogP contribution >= 0.6 is 0 Å². The number of aryl methyl sites for hydroxylation is 1. The van der Waals surface area contributed by atoms with Crippen molar-refractivity contribution in [2.45, 2.75) is 119 Å². The minimum atomic E-state index is -0.879. The van der Waals surface area contributed by atoms with Gasteiger partial charge < -0.3 is 34.1 Å². The summed E-state index contributed by atoms with van der Waals surface area (Å²) in [5.74, 6) is -1.35. The largest absolute Gasteiger partial charge is 0.444 e. The molecule has 1 fully saturated rings. The molecule has 0 radical (unpaired) electrons. The summed E-state index contributed by atoms with van der Waals surface area (Å²) in [6, 6.07) is 9.86. The van der Waals surface area contributed by atoms with Crippen LogP contribution in [0.5, 0.6) is 0 Å². The lowest BCUT2D eigenvalue weighted by Gasteiger charge is -2.40. The fraction of sp³-hybridized carbons (Fsp3) is 0.533. The number of aliphatic imine (C=N–C) groups is 2. The van der Waals surface area contributed by atoms with Crippen molar-refractivity contribution in [1.82, 2.24) is 20.2 Å². The number of guanidine groups is 1. The molecule has 0 aromatic heterocycles. The van der Waals surface area contributed by atoms with Crippen molar-refractivity contribution in [3.05, 3.63) is 65.0 Å². The van der Waals surface area contributed by atoms with E-state index in [2.05, 4.69) is 25.5 Å². The second kappa shape index (κ2) is 20.0. The third-order valence-corrected chi connectivity index (χ3v) is 8.90. The van der Waals surface area contributed by atoms with Crippen LogP contribution in [0.2, 0.25) is 0 Å². The molecule has 0 unspecified atom stereocenters. The number of alkyl carbamates (subject to hydrolysis) is 1. The van der Waals surface area contributed by atoms with Crippen molar-refractivity contribution in [1.29, 1.82) is 0 Å². The number of nitrogens with one attached hydrogen (secondary N) is 2. The van der Waals surface area contributed by atoms with Gasteiger partial charge in [0.25, 0.3) is 5.91 Å². The van der Waals surface area contributed by atoms with E-state index in [0.717, 1.165) is 23.2 Å². The van der Waals surface area contributed by atoms with Crippen molar-refractivity contribution < 1.29 is 47.3 Å². The van der Waals surface area contributed by atoms with Gasteiger partial charge in [-0.25, -0.2) is 28.6 Å². The average molecular weight is 879 g/mol. The van der Waals surface area contributed by atoms with Gasteiger partial charge in [-0.3, -0.25) is 10.1 Å². The summed E-state index contributed by atoms with van der Waals surface area (Å²) in [6.45, 7) is 25.0. The molecular weight excluding hydrogens is 816 g/mol. The van der Waals surface area contributed by atoms with E-state index in [1.54, 1.807) is 105 Å². The van der Waals surface area contributed by atoms with Crippen LogP contribution in [0.1, 0.15) is 111 Å². The zero-order chi connectivity index (χ0) is 47.1. The van der Waals surface area contributed by atoms with E-state index in [0.29, 0.717) is 50.4 Å². The minimum Gasteiger partial charge on any atom is -0.444 e. The van der Waals surface area contributed by atoms with Gasteiger partial charge in [-0.15, -0.1) is 4.99 Å². The summed E-state index contributed by atoms with van der Waals surface area (Å²) in [7, 11) is 0. The molecule has 1 saturated heterocycles. The topological polar surface area (TPSA) is 184 Å². The Labute approximate surface area is 369 Å². The fourth-order valence-electron chi connectivity index (χ4n) is 6.34. The van der Waals surface area contributed by atoms with Crippen LogP contribution in [0.15, 0.2) is 52.5 Å². The molecule has 0 saturated carbocycles. The molecule has 63 heavy (non-hydrogen) atoms. The van der Waals surface area contributed by atoms with Gasteiger partial charge in [-0.1, -0.05) is 12.1 Å². The van der Waals surface area contributed by atoms with E-state index in [4.69, 9.17) is 18.9 Å². The highest BCUT2D eigenvalue weighted by Gasteiger charge is 2.31. The number of hydrogen-bond donors (Lipinski definition) is 2. The predicted octanol–water partition coefficient (Wildman–Crippen LogP) is 8.53. The summed E-state index contributed by atoms with van der Waals surface area (Å²) >= 11 is 0. The van der Waals surface area contributed by atoms with Crippen molar-refractivity contribution in [2.75, 3.05) is 49.5 Å². The van der Waals surface area contributed by atoms with Crippen LogP contribution < -0.4 is 15.5 Å². The molecule has 2 aromatic carbocycles. The van der Waals surface area contributed by atoms with Crippen LogP contribution in [0.25, 0.3) is 5.57 Å². The van der Waals surface area contributed by atoms with Crippen LogP contribution in [0.4, 0.5) is 34.9 Å². The first kappa shape index (κ1) is 49.6. The zero-order valence-corrected chi connectivity index (χ0v) is 38.8. The quantitative estimate of drug-likeness (QED) is 0.160. The molecule has 2 N–H and O–H groups in total. The lowest BCUT2D eigenvalue weighted by Crippen LogP contribution is -2.56. The number of anilines is 2. The second-order valence-electron chi connectivity index (χ2n) is 19.1. The van der Waals surface area contributed by atoms with Gasteiger partial charge >= 0.3 is 24.4 Å². The van der Waals surface area contributed by atoms with Crippen molar-refractivity contribution in [3.63, 3.8) is 0 Å². The number of hydrazine groups is 1. The van der Waals surface area contributed by atoms with Gasteiger partial charge in [0.1, 0.15) is 34.6 Å². The van der Waals surface area contributed by atoms with Gasteiger partial charge in [0.05, 0.1) is 5.56 Å². The molecule has 4 rings (SSSR count). The summed E-state index contributed by atoms with van der Waals surface area (Å²) < 4.78 is 37.1. The number of amides is 5. The molecular formula is C45H63FN8O9. The van der Waals surface area contributed by atoms with Crippen molar-refractivity contribution >= 4 is 59.5 Å². The molecule has 0 aliphatic carbocycles. The predicted molar refractivity (Wildman–Crippen MR) is 239 cm³/mol. The Morgan fingerprint density at radius 2 is 1.35 bits per heavy atom. The maximum Gasteiger partial charge on any atom is 0.437 e. The number of hydrogen-bond acceptors (Lipinski definition) is 11. The number of rotatable bonds is 6. The lowest BCUT2D eigenvalue weighted by molar-refractivity contribution is -0.0152. The van der Waals surface area contributed by atoms with E-state index in [1.165, 1.54) is 17.1 Å². The van der Waals surface area contributed by atoms with Crippen LogP contribution in [-0.4, -0.2) is 119 Å². The molecule has 0 bridgehead atoms. The highest BCUT2D eigenvalue weighted by molar-refractivity contribution is 6.05. The fourth-order valence-corrected chi connectivity index (χ4v) is 6.34. The van der Waals surface area contributed by atoms with Gasteiger partial charge in [-0.05, 0) is 143 Å². The monoisotopic (exact) mass is 878 g/mol. The Morgan fingerprint density at radius 1 is 0.746 bits per heavy atom. The Hall–Kier alpha value is -6.04. The lowest BCUT2D eigenvalue weighted by atomic mass is 9.98. The van der Waals surface area contributed by atoms with Crippen molar-refractivity contribution in [3.8, 4) is 0 Å². The first-order valence-electron chi connectivity index (χ1n) is 20.8. The number of carbonyl (C=O) groups excluding carboxylic acids is 5. The zero-order valence-electron chi connectivity index (χ0n) is 38.8. The molecule has 18 heteroatoms. The van der Waals surface area contributed by atoms with Gasteiger partial charge in [0.2, 0.25) is 5.96 Å². The van der Waals surface area contributed by atoms with Crippen LogP contribution in [0, 0.1) is 12.7 Å². The first-order valence-corrected chi connectivity index (χ1v) is 20.8. The maximum absolute atomic E-state index is 15.6. The minimum absolute atomic E-state index is 0.0383. The van der Waals surface area contributed by atoms with Crippen LogP contribution in [0.3, 0.4) is 0 Å². The highest BCUT2D eigenvalue weighted by atomic mass is 19.1. The number of nitrogens with zero attached hydrogens (tertiary/aromatic N) is 6. The first-order chi connectivity index (χ1) is 29.1. The molecule has 0 atom stereocenters. The number of ether oxygens (including phenoxy) is 4. The molecule has 2 heterocycles. The SMILES string of the molecule is Cc1cc(NC(=O)c2ccc(C3=CCN(/C(=N/C(=O)OC(C)(C)C)NC(=O)OC(C)(C)C)CC3)cc2F)ccc1N1CCN(N(/C=N/C(=O)OC(C)(C)C)C(=O)OC(C)(C)C)CC1. The van der Waals surface area contributed by atoms with E-state index in [-0.39, 0.29) is 18.1 Å². The van der Waals surface area contributed by atoms with Crippen molar-refractivity contribution in [2.24, 2.45) is 9.98 Å². The van der Waals surface area contributed by atoms with Gasteiger partial charge in [0, 0.05) is 50.6 Å². The van der Waals surface area contributed by atoms with E-state index >= 15 is 4.39 Å². The maximum atomic E-state index is 15.6. The van der Waals surface area contributed by atoms with Gasteiger partial charge in [-0.2, -0.15) is 10.0 Å². The van der Waals surface area contributed by atoms with E-state index in [1.807, 2.05) is 25.1 Å². The third kappa shape index (κ3) is 16.0. The summed E-state index contributed by atoms with van der Waals surface area (Å²) in [4.78, 5) is 75.7. The van der Waals surface area contributed by atoms with Gasteiger partial charge in [0.15, 0.2) is 0 Å². The van der Waals surface area contributed by atoms with E-state index in [9.17, 15) is 24.0 Å². The second-order valence-corrected chi connectivity index (χ2v) is 19.1. The van der Waals surface area contributed by atoms with E-state index < -0.39 is 58.5 Å². The highest BCUT2D eigenvalue weighted by Crippen LogP contribution is 2.28. The number of piperazine rings is 1. The Balaban J connectivity index is 1.40. The third-order valence-electron chi connectivity index (χ3n) is 8.90. The molecule has 5 amide bonds. The van der Waals surface area contributed by atoms with Crippen LogP contribution in [-0.2, 0) is 18.9 Å². The Morgan fingerprint density at radius 3 is 1.89 bits per heavy atom. The summed E-state index contributed by atoms with van der Waals surface area (Å²) in [5.41, 5.74) is 0.404. The summed E-state index contributed by atoms with van der Waals surface area (Å²) in [5, 5.41) is 8.30. The molecule has 2 aromatic rings. The number of benzene rings is 2.